The lowest BCUT2D eigenvalue weighted by Gasteiger charge is -2.20. The molecule has 0 saturated carbocycles. The van der Waals surface area contributed by atoms with E-state index in [0.717, 1.165) is 15.6 Å². The number of anilines is 2. The standard InChI is InChI=1S/C26H26N2O6S2/c1-16-6-9-21(32-3)20(12-16)27-26(29)25-14-17-13-18(7-11-24(17)35-25)28(2)36(30,31)19-8-10-22(33-4)23(15-19)34-5/h6-15H,1-5H3,(H,27,29). The van der Waals surface area contributed by atoms with Gasteiger partial charge in [-0.05, 0) is 66.4 Å². The zero-order valence-corrected chi connectivity index (χ0v) is 22.1. The van der Waals surface area contributed by atoms with Crippen LogP contribution in [0.25, 0.3) is 10.1 Å². The fraction of sp³-hybridized carbons (Fsp3) is 0.192. The van der Waals surface area contributed by atoms with E-state index < -0.39 is 10.0 Å². The number of sulfonamides is 1. The molecule has 0 aliphatic heterocycles. The fourth-order valence-corrected chi connectivity index (χ4v) is 5.86. The van der Waals surface area contributed by atoms with E-state index in [9.17, 15) is 13.2 Å². The molecule has 0 spiro atoms. The van der Waals surface area contributed by atoms with Gasteiger partial charge in [-0.3, -0.25) is 9.10 Å². The van der Waals surface area contributed by atoms with Gasteiger partial charge in [-0.15, -0.1) is 11.3 Å². The molecule has 0 aliphatic carbocycles. The Bertz CT molecular complexity index is 1550. The van der Waals surface area contributed by atoms with E-state index >= 15 is 0 Å². The van der Waals surface area contributed by atoms with Crippen LogP contribution in [-0.4, -0.2) is 42.7 Å². The van der Waals surface area contributed by atoms with Crippen LogP contribution < -0.4 is 23.8 Å². The summed E-state index contributed by atoms with van der Waals surface area (Å²) in [5, 5.41) is 3.66. The van der Waals surface area contributed by atoms with Gasteiger partial charge in [0.1, 0.15) is 5.75 Å². The summed E-state index contributed by atoms with van der Waals surface area (Å²) >= 11 is 1.32. The maximum Gasteiger partial charge on any atom is 0.265 e. The minimum Gasteiger partial charge on any atom is -0.495 e. The van der Waals surface area contributed by atoms with Crippen molar-refractivity contribution in [1.29, 1.82) is 0 Å². The number of hydrogen-bond donors (Lipinski definition) is 1. The quantitative estimate of drug-likeness (QED) is 0.334. The second-order valence-electron chi connectivity index (χ2n) is 7.98. The van der Waals surface area contributed by atoms with Crippen molar-refractivity contribution in [3.05, 3.63) is 71.1 Å². The van der Waals surface area contributed by atoms with E-state index in [-0.39, 0.29) is 10.8 Å². The third-order valence-corrected chi connectivity index (χ3v) is 8.60. The Hall–Kier alpha value is -3.76. The highest BCUT2D eigenvalue weighted by atomic mass is 32.2. The van der Waals surface area contributed by atoms with E-state index in [0.29, 0.717) is 33.5 Å². The van der Waals surface area contributed by atoms with E-state index in [2.05, 4.69) is 5.32 Å². The molecule has 0 bridgehead atoms. The number of nitrogens with one attached hydrogen (secondary N) is 1. The van der Waals surface area contributed by atoms with Gasteiger partial charge in [0, 0.05) is 17.8 Å². The number of carbonyl (C=O) groups is 1. The molecule has 8 nitrogen and oxygen atoms in total. The predicted octanol–water partition coefficient (Wildman–Crippen LogP) is 5.31. The van der Waals surface area contributed by atoms with Crippen molar-refractivity contribution in [2.45, 2.75) is 11.8 Å². The third-order valence-electron chi connectivity index (χ3n) is 5.70. The Morgan fingerprint density at radius 2 is 1.56 bits per heavy atom. The van der Waals surface area contributed by atoms with Crippen molar-refractivity contribution >= 4 is 48.7 Å². The van der Waals surface area contributed by atoms with Gasteiger partial charge in [0.05, 0.1) is 42.5 Å². The number of fused-ring (bicyclic) bond motifs is 1. The van der Waals surface area contributed by atoms with Crippen molar-refractivity contribution in [3.63, 3.8) is 0 Å². The predicted molar refractivity (Wildman–Crippen MR) is 143 cm³/mol. The molecule has 188 valence electrons. The number of carbonyl (C=O) groups excluding carboxylic acids is 1. The molecule has 0 saturated heterocycles. The van der Waals surface area contributed by atoms with Crippen LogP contribution >= 0.6 is 11.3 Å². The van der Waals surface area contributed by atoms with Gasteiger partial charge < -0.3 is 19.5 Å². The molecule has 0 atom stereocenters. The average Bonchev–Trinajstić information content (AvgIpc) is 3.31. The molecule has 1 heterocycles. The largest absolute Gasteiger partial charge is 0.495 e. The van der Waals surface area contributed by atoms with Crippen LogP contribution in [-0.2, 0) is 10.0 Å². The fourth-order valence-electron chi connectivity index (χ4n) is 3.72. The Morgan fingerprint density at radius 3 is 2.25 bits per heavy atom. The maximum absolute atomic E-state index is 13.3. The normalized spacial score (nSPS) is 11.2. The molecule has 4 aromatic rings. The summed E-state index contributed by atoms with van der Waals surface area (Å²) in [5.74, 6) is 1.06. The molecular weight excluding hydrogens is 500 g/mol. The van der Waals surface area contributed by atoms with Crippen molar-refractivity contribution in [3.8, 4) is 17.2 Å². The first-order chi connectivity index (χ1) is 17.2. The Morgan fingerprint density at radius 1 is 0.861 bits per heavy atom. The highest BCUT2D eigenvalue weighted by Crippen LogP contribution is 2.34. The molecular formula is C26H26N2O6S2. The monoisotopic (exact) mass is 526 g/mol. The molecule has 3 aromatic carbocycles. The topological polar surface area (TPSA) is 94.2 Å². The first kappa shape index (κ1) is 25.3. The van der Waals surface area contributed by atoms with Crippen LogP contribution in [0.2, 0.25) is 0 Å². The van der Waals surface area contributed by atoms with Crippen LogP contribution in [0.15, 0.2) is 65.6 Å². The number of thiophene rings is 1. The molecule has 36 heavy (non-hydrogen) atoms. The van der Waals surface area contributed by atoms with E-state index in [1.165, 1.54) is 49.0 Å². The Labute approximate surface area is 214 Å². The number of hydrogen-bond acceptors (Lipinski definition) is 7. The van der Waals surface area contributed by atoms with Gasteiger partial charge in [-0.2, -0.15) is 0 Å². The van der Waals surface area contributed by atoms with Crippen molar-refractivity contribution < 1.29 is 27.4 Å². The van der Waals surface area contributed by atoms with Gasteiger partial charge in [0.2, 0.25) is 0 Å². The molecule has 1 aromatic heterocycles. The molecule has 4 rings (SSSR count). The van der Waals surface area contributed by atoms with Gasteiger partial charge in [0.25, 0.3) is 15.9 Å². The molecule has 0 aliphatic rings. The number of amides is 1. The van der Waals surface area contributed by atoms with E-state index in [4.69, 9.17) is 14.2 Å². The number of aryl methyl sites for hydroxylation is 1. The zero-order chi connectivity index (χ0) is 26.0. The average molecular weight is 527 g/mol. The summed E-state index contributed by atoms with van der Waals surface area (Å²) < 4.78 is 44.4. The molecule has 0 fully saturated rings. The first-order valence-corrected chi connectivity index (χ1v) is 13.1. The summed E-state index contributed by atoms with van der Waals surface area (Å²) in [6, 6.07) is 17.0. The lowest BCUT2D eigenvalue weighted by atomic mass is 10.2. The lowest BCUT2D eigenvalue weighted by molar-refractivity contribution is 0.103. The number of nitrogens with zero attached hydrogens (tertiary/aromatic N) is 1. The number of ether oxygens (including phenoxy) is 3. The lowest BCUT2D eigenvalue weighted by Crippen LogP contribution is -2.26. The van der Waals surface area contributed by atoms with Crippen molar-refractivity contribution in [2.24, 2.45) is 0 Å². The Balaban J connectivity index is 1.62. The second-order valence-corrected chi connectivity index (χ2v) is 11.0. The van der Waals surface area contributed by atoms with Crippen molar-refractivity contribution in [2.75, 3.05) is 38.0 Å². The highest BCUT2D eigenvalue weighted by molar-refractivity contribution is 7.92. The maximum atomic E-state index is 13.3. The molecule has 10 heteroatoms. The number of methoxy groups -OCH3 is 3. The Kier molecular flexibility index (Phi) is 7.09. The van der Waals surface area contributed by atoms with E-state index in [1.54, 1.807) is 43.5 Å². The van der Waals surface area contributed by atoms with E-state index in [1.807, 2.05) is 19.1 Å². The summed E-state index contributed by atoms with van der Waals surface area (Å²) in [6.07, 6.45) is 0. The third kappa shape index (κ3) is 4.82. The summed E-state index contributed by atoms with van der Waals surface area (Å²) in [6.45, 7) is 1.93. The van der Waals surface area contributed by atoms with Crippen LogP contribution in [0.1, 0.15) is 15.2 Å². The van der Waals surface area contributed by atoms with Gasteiger partial charge in [0.15, 0.2) is 11.5 Å². The number of rotatable bonds is 8. The van der Waals surface area contributed by atoms with Crippen LogP contribution in [0, 0.1) is 6.92 Å². The van der Waals surface area contributed by atoms with Crippen LogP contribution in [0.4, 0.5) is 11.4 Å². The van der Waals surface area contributed by atoms with Crippen LogP contribution in [0.5, 0.6) is 17.2 Å². The summed E-state index contributed by atoms with van der Waals surface area (Å²) in [4.78, 5) is 13.5. The smallest absolute Gasteiger partial charge is 0.265 e. The first-order valence-electron chi connectivity index (χ1n) is 10.9. The zero-order valence-electron chi connectivity index (χ0n) is 20.5. The molecule has 0 radical (unpaired) electrons. The highest BCUT2D eigenvalue weighted by Gasteiger charge is 2.24. The van der Waals surface area contributed by atoms with Gasteiger partial charge in [-0.25, -0.2) is 8.42 Å². The minimum absolute atomic E-state index is 0.0697. The number of benzene rings is 3. The second kappa shape index (κ2) is 10.1. The SMILES string of the molecule is COc1ccc(C)cc1NC(=O)c1cc2cc(N(C)S(=O)(=O)c3ccc(OC)c(OC)c3)ccc2s1. The summed E-state index contributed by atoms with van der Waals surface area (Å²) in [5.41, 5.74) is 2.04. The molecule has 0 unspecified atom stereocenters. The molecule has 1 N–H and O–H groups in total. The van der Waals surface area contributed by atoms with Crippen molar-refractivity contribution in [1.82, 2.24) is 0 Å². The summed E-state index contributed by atoms with van der Waals surface area (Å²) in [7, 11) is 2.10. The van der Waals surface area contributed by atoms with Gasteiger partial charge in [-0.1, -0.05) is 6.07 Å². The molecule has 1 amide bonds. The minimum atomic E-state index is -3.87. The van der Waals surface area contributed by atoms with Gasteiger partial charge >= 0.3 is 0 Å². The van der Waals surface area contributed by atoms with Crippen LogP contribution in [0.3, 0.4) is 0 Å².